The van der Waals surface area contributed by atoms with E-state index in [9.17, 15) is 0 Å². The van der Waals surface area contributed by atoms with Crippen molar-refractivity contribution >= 4 is 0 Å². The Morgan fingerprint density at radius 3 is 2.78 bits per heavy atom. The Bertz CT molecular complexity index is 375. The first-order valence-electron chi connectivity index (χ1n) is 6.97. The normalized spacial score (nSPS) is 16.9. The van der Waals surface area contributed by atoms with E-state index in [0.717, 1.165) is 18.1 Å². The van der Waals surface area contributed by atoms with Gasteiger partial charge in [-0.25, -0.2) is 0 Å². The SMILES string of the molecule is CNC(CCc1cncc(OC(C)C)c1)C1CC1. The quantitative estimate of drug-likeness (QED) is 0.805. The van der Waals surface area contributed by atoms with Gasteiger partial charge >= 0.3 is 0 Å². The van der Waals surface area contributed by atoms with Crippen LogP contribution in [0, 0.1) is 5.92 Å². The maximum absolute atomic E-state index is 5.67. The minimum Gasteiger partial charge on any atom is -0.489 e. The van der Waals surface area contributed by atoms with Crippen LogP contribution in [0.4, 0.5) is 0 Å². The standard InChI is InChI=1S/C15H24N2O/c1-11(2)18-14-8-12(9-17-10-14)4-7-15(16-3)13-5-6-13/h8-11,13,15-16H,4-7H2,1-3H3. The van der Waals surface area contributed by atoms with E-state index in [2.05, 4.69) is 23.4 Å². The molecule has 0 spiro atoms. The van der Waals surface area contributed by atoms with Crippen molar-refractivity contribution in [2.75, 3.05) is 7.05 Å². The second kappa shape index (κ2) is 6.19. The van der Waals surface area contributed by atoms with Crippen molar-refractivity contribution in [3.05, 3.63) is 24.0 Å². The van der Waals surface area contributed by atoms with E-state index < -0.39 is 0 Å². The largest absolute Gasteiger partial charge is 0.489 e. The van der Waals surface area contributed by atoms with Crippen LogP contribution in [-0.4, -0.2) is 24.2 Å². The van der Waals surface area contributed by atoms with Crippen LogP contribution >= 0.6 is 0 Å². The third-order valence-electron chi connectivity index (χ3n) is 3.45. The fourth-order valence-corrected chi connectivity index (χ4v) is 2.37. The average Bonchev–Trinajstić information content (AvgIpc) is 3.14. The smallest absolute Gasteiger partial charge is 0.138 e. The molecule has 100 valence electrons. The molecular weight excluding hydrogens is 224 g/mol. The lowest BCUT2D eigenvalue weighted by Crippen LogP contribution is -2.27. The average molecular weight is 248 g/mol. The highest BCUT2D eigenvalue weighted by molar-refractivity contribution is 5.24. The van der Waals surface area contributed by atoms with Crippen LogP contribution in [0.15, 0.2) is 18.5 Å². The van der Waals surface area contributed by atoms with E-state index in [1.807, 2.05) is 20.0 Å². The Balaban J connectivity index is 1.88. The van der Waals surface area contributed by atoms with Gasteiger partial charge in [-0.15, -0.1) is 0 Å². The number of pyridine rings is 1. The van der Waals surface area contributed by atoms with Crippen molar-refractivity contribution in [1.29, 1.82) is 0 Å². The van der Waals surface area contributed by atoms with Crippen LogP contribution in [0.1, 0.15) is 38.7 Å². The number of aromatic nitrogens is 1. The van der Waals surface area contributed by atoms with Gasteiger partial charge in [0.2, 0.25) is 0 Å². The summed E-state index contributed by atoms with van der Waals surface area (Å²) in [5, 5.41) is 3.43. The van der Waals surface area contributed by atoms with E-state index >= 15 is 0 Å². The number of aryl methyl sites for hydroxylation is 1. The van der Waals surface area contributed by atoms with Gasteiger partial charge in [0.1, 0.15) is 5.75 Å². The number of nitrogens with one attached hydrogen (secondary N) is 1. The molecule has 1 aliphatic rings. The molecule has 3 nitrogen and oxygen atoms in total. The van der Waals surface area contributed by atoms with Crippen LogP contribution in [0.5, 0.6) is 5.75 Å². The van der Waals surface area contributed by atoms with Gasteiger partial charge in [0.05, 0.1) is 12.3 Å². The summed E-state index contributed by atoms with van der Waals surface area (Å²) in [6.45, 7) is 4.08. The first-order valence-corrected chi connectivity index (χ1v) is 6.97. The van der Waals surface area contributed by atoms with Crippen LogP contribution in [0.25, 0.3) is 0 Å². The van der Waals surface area contributed by atoms with E-state index in [-0.39, 0.29) is 6.10 Å². The van der Waals surface area contributed by atoms with E-state index in [1.54, 1.807) is 6.20 Å². The predicted octanol–water partition coefficient (Wildman–Crippen LogP) is 2.80. The molecule has 1 unspecified atom stereocenters. The first kappa shape index (κ1) is 13.3. The van der Waals surface area contributed by atoms with Gasteiger partial charge in [0, 0.05) is 12.2 Å². The molecule has 2 rings (SSSR count). The summed E-state index contributed by atoms with van der Waals surface area (Å²) in [7, 11) is 2.07. The number of nitrogens with zero attached hydrogens (tertiary/aromatic N) is 1. The van der Waals surface area contributed by atoms with Crippen LogP contribution in [0.3, 0.4) is 0 Å². The Morgan fingerprint density at radius 1 is 1.39 bits per heavy atom. The zero-order valence-electron chi connectivity index (χ0n) is 11.6. The van der Waals surface area contributed by atoms with Crippen molar-refractivity contribution < 1.29 is 4.74 Å². The molecule has 0 saturated heterocycles. The highest BCUT2D eigenvalue weighted by Gasteiger charge is 2.29. The lowest BCUT2D eigenvalue weighted by Gasteiger charge is -2.15. The molecule has 1 aliphatic carbocycles. The van der Waals surface area contributed by atoms with Gasteiger partial charge < -0.3 is 10.1 Å². The minimum atomic E-state index is 0.207. The number of ether oxygens (including phenoxy) is 1. The molecule has 1 heterocycles. The molecule has 0 bridgehead atoms. The molecule has 0 aliphatic heterocycles. The number of rotatable bonds is 7. The van der Waals surface area contributed by atoms with Crippen molar-refractivity contribution in [1.82, 2.24) is 10.3 Å². The molecule has 18 heavy (non-hydrogen) atoms. The molecule has 1 fully saturated rings. The Labute approximate surface area is 110 Å². The Kier molecular flexibility index (Phi) is 4.59. The van der Waals surface area contributed by atoms with Gasteiger partial charge in [0.25, 0.3) is 0 Å². The zero-order valence-corrected chi connectivity index (χ0v) is 11.6. The van der Waals surface area contributed by atoms with E-state index in [0.29, 0.717) is 6.04 Å². The van der Waals surface area contributed by atoms with Crippen molar-refractivity contribution in [3.8, 4) is 5.75 Å². The van der Waals surface area contributed by atoms with Crippen LogP contribution in [-0.2, 0) is 6.42 Å². The lowest BCUT2D eigenvalue weighted by atomic mass is 10.0. The Morgan fingerprint density at radius 2 is 2.17 bits per heavy atom. The van der Waals surface area contributed by atoms with Crippen molar-refractivity contribution in [2.45, 2.75) is 51.7 Å². The Hall–Kier alpha value is -1.09. The summed E-state index contributed by atoms with van der Waals surface area (Å²) in [4.78, 5) is 4.26. The van der Waals surface area contributed by atoms with Gasteiger partial charge in [-0.3, -0.25) is 4.98 Å². The topological polar surface area (TPSA) is 34.2 Å². The van der Waals surface area contributed by atoms with E-state index in [1.165, 1.54) is 24.8 Å². The molecule has 3 heteroatoms. The number of hydrogen-bond donors (Lipinski definition) is 1. The highest BCUT2D eigenvalue weighted by atomic mass is 16.5. The van der Waals surface area contributed by atoms with Gasteiger partial charge in [0.15, 0.2) is 0 Å². The van der Waals surface area contributed by atoms with Crippen LogP contribution in [0.2, 0.25) is 0 Å². The predicted molar refractivity (Wildman–Crippen MR) is 73.9 cm³/mol. The number of hydrogen-bond acceptors (Lipinski definition) is 3. The van der Waals surface area contributed by atoms with Crippen LogP contribution < -0.4 is 10.1 Å². The summed E-state index contributed by atoms with van der Waals surface area (Å²) < 4.78 is 5.67. The summed E-state index contributed by atoms with van der Waals surface area (Å²) >= 11 is 0. The molecule has 0 radical (unpaired) electrons. The molecule has 0 aromatic carbocycles. The third kappa shape index (κ3) is 3.98. The maximum atomic E-state index is 5.67. The maximum Gasteiger partial charge on any atom is 0.138 e. The first-order chi connectivity index (χ1) is 8.69. The van der Waals surface area contributed by atoms with Crippen molar-refractivity contribution in [2.24, 2.45) is 5.92 Å². The monoisotopic (exact) mass is 248 g/mol. The molecule has 1 atom stereocenters. The van der Waals surface area contributed by atoms with Crippen molar-refractivity contribution in [3.63, 3.8) is 0 Å². The third-order valence-corrected chi connectivity index (χ3v) is 3.45. The fourth-order valence-electron chi connectivity index (χ4n) is 2.37. The summed E-state index contributed by atoms with van der Waals surface area (Å²) in [5.74, 6) is 1.79. The van der Waals surface area contributed by atoms with E-state index in [4.69, 9.17) is 4.74 Å². The molecule has 1 N–H and O–H groups in total. The molecule has 1 aromatic heterocycles. The summed E-state index contributed by atoms with van der Waals surface area (Å²) in [6.07, 6.45) is 8.99. The summed E-state index contributed by atoms with van der Waals surface area (Å²) in [6, 6.07) is 2.78. The zero-order chi connectivity index (χ0) is 13.0. The fraction of sp³-hybridized carbons (Fsp3) is 0.667. The second-order valence-corrected chi connectivity index (χ2v) is 5.47. The highest BCUT2D eigenvalue weighted by Crippen LogP contribution is 2.34. The molecule has 1 saturated carbocycles. The molecule has 1 aromatic rings. The molecular formula is C15H24N2O. The van der Waals surface area contributed by atoms with Gasteiger partial charge in [-0.05, 0) is 64.1 Å². The van der Waals surface area contributed by atoms with Gasteiger partial charge in [-0.1, -0.05) is 0 Å². The van der Waals surface area contributed by atoms with Gasteiger partial charge in [-0.2, -0.15) is 0 Å². The lowest BCUT2D eigenvalue weighted by molar-refractivity contribution is 0.241. The minimum absolute atomic E-state index is 0.207. The molecule has 0 amide bonds. The summed E-state index contributed by atoms with van der Waals surface area (Å²) in [5.41, 5.74) is 1.27. The second-order valence-electron chi connectivity index (χ2n) is 5.47.